The van der Waals surface area contributed by atoms with Crippen LogP contribution >= 0.6 is 0 Å². The fraction of sp³-hybridized carbons (Fsp3) is 0.400. The van der Waals surface area contributed by atoms with Crippen molar-refractivity contribution < 1.29 is 19.1 Å². The van der Waals surface area contributed by atoms with Crippen LogP contribution in [0, 0.1) is 5.92 Å². The average molecular weight is 464 g/mol. The monoisotopic (exact) mass is 463 g/mol. The van der Waals surface area contributed by atoms with Crippen molar-refractivity contribution in [1.82, 2.24) is 19.4 Å². The minimum Gasteiger partial charge on any atom is -0.466 e. The predicted molar refractivity (Wildman–Crippen MR) is 127 cm³/mol. The third-order valence-electron chi connectivity index (χ3n) is 5.93. The molecule has 1 fully saturated rings. The molecular formula is C25H29N5O4. The van der Waals surface area contributed by atoms with Gasteiger partial charge in [0.1, 0.15) is 0 Å². The van der Waals surface area contributed by atoms with Gasteiger partial charge >= 0.3 is 5.97 Å². The lowest BCUT2D eigenvalue weighted by Crippen LogP contribution is -2.42. The van der Waals surface area contributed by atoms with Gasteiger partial charge in [0, 0.05) is 50.4 Å². The topological polar surface area (TPSA) is 106 Å². The molecule has 0 spiro atoms. The summed E-state index contributed by atoms with van der Waals surface area (Å²) in [5.74, 6) is -1.00. The predicted octanol–water partition coefficient (Wildman–Crippen LogP) is 3.05. The number of imidazole rings is 1. The van der Waals surface area contributed by atoms with Crippen LogP contribution in [-0.4, -0.2) is 56.9 Å². The van der Waals surface area contributed by atoms with E-state index in [0.717, 1.165) is 17.6 Å². The molecule has 0 saturated carbocycles. The number of hydrogen-bond acceptors (Lipinski definition) is 6. The van der Waals surface area contributed by atoms with Gasteiger partial charge in [-0.3, -0.25) is 19.4 Å². The Bertz CT molecular complexity index is 1190. The highest BCUT2D eigenvalue weighted by Crippen LogP contribution is 2.28. The summed E-state index contributed by atoms with van der Waals surface area (Å²) >= 11 is 0. The molecule has 1 saturated heterocycles. The van der Waals surface area contributed by atoms with E-state index in [9.17, 15) is 14.4 Å². The third-order valence-corrected chi connectivity index (χ3v) is 5.93. The highest BCUT2D eigenvalue weighted by molar-refractivity contribution is 6.05. The van der Waals surface area contributed by atoms with Gasteiger partial charge in [0.25, 0.3) is 5.91 Å². The molecule has 178 valence electrons. The quantitative estimate of drug-likeness (QED) is 0.540. The molecule has 0 aliphatic carbocycles. The Hall–Kier alpha value is -3.75. The first-order valence-electron chi connectivity index (χ1n) is 11.6. The Labute approximate surface area is 198 Å². The Morgan fingerprint density at radius 1 is 1.21 bits per heavy atom. The maximum atomic E-state index is 13.3. The van der Waals surface area contributed by atoms with Crippen LogP contribution in [0.1, 0.15) is 42.7 Å². The molecule has 1 atom stereocenters. The molecule has 1 N–H and O–H groups in total. The second-order valence-corrected chi connectivity index (χ2v) is 8.42. The molecular weight excluding hydrogens is 434 g/mol. The number of aromatic nitrogens is 3. The Kier molecular flexibility index (Phi) is 7.20. The van der Waals surface area contributed by atoms with E-state index in [-0.39, 0.29) is 23.7 Å². The summed E-state index contributed by atoms with van der Waals surface area (Å²) in [6, 6.07) is 9.23. The van der Waals surface area contributed by atoms with Crippen molar-refractivity contribution >= 4 is 34.5 Å². The number of carbonyl (C=O) groups is 3. The van der Waals surface area contributed by atoms with Crippen LogP contribution in [0.4, 0.5) is 5.69 Å². The van der Waals surface area contributed by atoms with Crippen molar-refractivity contribution in [2.75, 3.05) is 25.0 Å². The van der Waals surface area contributed by atoms with Gasteiger partial charge in [-0.05, 0) is 44.0 Å². The number of piperidine rings is 1. The molecule has 0 radical (unpaired) electrons. The maximum Gasteiger partial charge on any atom is 0.310 e. The van der Waals surface area contributed by atoms with Crippen LogP contribution in [0.5, 0.6) is 0 Å². The molecule has 2 amide bonds. The van der Waals surface area contributed by atoms with Crippen LogP contribution in [-0.2, 0) is 27.3 Å². The number of fused-ring (bicyclic) bond motifs is 1. The first-order valence-corrected chi connectivity index (χ1v) is 11.6. The zero-order valence-electron chi connectivity index (χ0n) is 19.5. The number of nitrogens with zero attached hydrogens (tertiary/aromatic N) is 4. The van der Waals surface area contributed by atoms with Gasteiger partial charge in [-0.25, -0.2) is 4.98 Å². The molecule has 0 unspecified atom stereocenters. The van der Waals surface area contributed by atoms with E-state index in [1.165, 1.54) is 6.92 Å². The Morgan fingerprint density at radius 3 is 2.79 bits per heavy atom. The number of benzene rings is 1. The SMILES string of the molecule is CCOC(=O)[C@H]1CCCN(C(=O)c2cc(NC(C)=O)c3c(c2)ncn3CCc2ccccn2)C1. The fourth-order valence-electron chi connectivity index (χ4n) is 4.36. The number of carbonyl (C=O) groups excluding carboxylic acids is 3. The summed E-state index contributed by atoms with van der Waals surface area (Å²) in [6.07, 6.45) is 5.62. The largest absolute Gasteiger partial charge is 0.466 e. The van der Waals surface area contributed by atoms with Crippen molar-refractivity contribution in [2.24, 2.45) is 5.92 Å². The number of amides is 2. The normalized spacial score (nSPS) is 15.8. The van der Waals surface area contributed by atoms with Gasteiger partial charge in [-0.1, -0.05) is 6.07 Å². The number of pyridine rings is 1. The Morgan fingerprint density at radius 2 is 2.06 bits per heavy atom. The van der Waals surface area contributed by atoms with Crippen molar-refractivity contribution in [2.45, 2.75) is 39.7 Å². The van der Waals surface area contributed by atoms with Crippen molar-refractivity contribution in [3.8, 4) is 0 Å². The zero-order chi connectivity index (χ0) is 24.1. The average Bonchev–Trinajstić information content (AvgIpc) is 3.26. The Balaban J connectivity index is 1.60. The molecule has 3 heterocycles. The van der Waals surface area contributed by atoms with E-state index >= 15 is 0 Å². The van der Waals surface area contributed by atoms with Crippen LogP contribution < -0.4 is 5.32 Å². The molecule has 9 heteroatoms. The summed E-state index contributed by atoms with van der Waals surface area (Å²) < 4.78 is 7.11. The van der Waals surface area contributed by atoms with Crippen LogP contribution in [0.2, 0.25) is 0 Å². The van der Waals surface area contributed by atoms with E-state index in [2.05, 4.69) is 15.3 Å². The zero-order valence-corrected chi connectivity index (χ0v) is 19.5. The summed E-state index contributed by atoms with van der Waals surface area (Å²) in [7, 11) is 0. The number of likely N-dealkylation sites (tertiary alicyclic amines) is 1. The first-order chi connectivity index (χ1) is 16.5. The molecule has 9 nitrogen and oxygen atoms in total. The molecule has 0 bridgehead atoms. The van der Waals surface area contributed by atoms with Gasteiger partial charge in [-0.15, -0.1) is 0 Å². The van der Waals surface area contributed by atoms with Gasteiger partial charge < -0.3 is 19.5 Å². The van der Waals surface area contributed by atoms with Gasteiger partial charge in [0.05, 0.1) is 35.6 Å². The van der Waals surface area contributed by atoms with Crippen molar-refractivity contribution in [3.05, 3.63) is 54.1 Å². The van der Waals surface area contributed by atoms with E-state index in [1.54, 1.807) is 36.5 Å². The summed E-state index contributed by atoms with van der Waals surface area (Å²) in [5, 5.41) is 2.85. The van der Waals surface area contributed by atoms with E-state index in [4.69, 9.17) is 4.74 Å². The van der Waals surface area contributed by atoms with Crippen molar-refractivity contribution in [1.29, 1.82) is 0 Å². The van der Waals surface area contributed by atoms with Gasteiger partial charge in [0.15, 0.2) is 0 Å². The highest BCUT2D eigenvalue weighted by atomic mass is 16.5. The molecule has 34 heavy (non-hydrogen) atoms. The second-order valence-electron chi connectivity index (χ2n) is 8.42. The standard InChI is InChI=1S/C25H29N5O4/c1-3-34-25(33)18-7-6-11-29(15-18)24(32)19-13-21-23(22(14-19)28-17(2)31)30(16-27-21)12-9-20-8-4-5-10-26-20/h4-5,8,10,13-14,16,18H,3,6-7,9,11-12,15H2,1-2H3,(H,28,31)/t18-/m0/s1. The molecule has 2 aromatic heterocycles. The lowest BCUT2D eigenvalue weighted by Gasteiger charge is -2.31. The van der Waals surface area contributed by atoms with E-state index in [1.807, 2.05) is 22.8 Å². The summed E-state index contributed by atoms with van der Waals surface area (Å²) in [6.45, 7) is 5.05. The molecule has 1 aromatic carbocycles. The molecule has 4 rings (SSSR count). The number of rotatable bonds is 7. The lowest BCUT2D eigenvalue weighted by molar-refractivity contribution is -0.149. The highest BCUT2D eigenvalue weighted by Gasteiger charge is 2.30. The number of nitrogens with one attached hydrogen (secondary N) is 1. The number of aryl methyl sites for hydroxylation is 2. The first kappa shape index (κ1) is 23.4. The van der Waals surface area contributed by atoms with Gasteiger partial charge in [0.2, 0.25) is 5.91 Å². The maximum absolute atomic E-state index is 13.3. The smallest absolute Gasteiger partial charge is 0.310 e. The number of anilines is 1. The lowest BCUT2D eigenvalue weighted by atomic mass is 9.97. The molecule has 3 aromatic rings. The summed E-state index contributed by atoms with van der Waals surface area (Å²) in [4.78, 5) is 48.0. The molecule has 1 aliphatic heterocycles. The summed E-state index contributed by atoms with van der Waals surface area (Å²) in [5.41, 5.74) is 3.29. The number of hydrogen-bond donors (Lipinski definition) is 1. The minimum atomic E-state index is -0.318. The third kappa shape index (κ3) is 5.24. The number of ether oxygens (including phenoxy) is 1. The van der Waals surface area contributed by atoms with E-state index in [0.29, 0.717) is 55.9 Å². The minimum absolute atomic E-state index is 0.189. The number of esters is 1. The van der Waals surface area contributed by atoms with Crippen LogP contribution in [0.25, 0.3) is 11.0 Å². The van der Waals surface area contributed by atoms with Crippen molar-refractivity contribution in [3.63, 3.8) is 0 Å². The van der Waals surface area contributed by atoms with Crippen LogP contribution in [0.3, 0.4) is 0 Å². The van der Waals surface area contributed by atoms with E-state index < -0.39 is 0 Å². The molecule has 1 aliphatic rings. The van der Waals surface area contributed by atoms with Gasteiger partial charge in [-0.2, -0.15) is 0 Å². The fourth-order valence-corrected chi connectivity index (χ4v) is 4.36. The second kappa shape index (κ2) is 10.5. The van der Waals surface area contributed by atoms with Crippen LogP contribution in [0.15, 0.2) is 42.9 Å².